The molecule has 142 valence electrons. The van der Waals surface area contributed by atoms with Crippen molar-refractivity contribution < 1.29 is 14.2 Å². The zero-order chi connectivity index (χ0) is 19.3. The second-order valence-electron chi connectivity index (χ2n) is 6.95. The molecule has 6 heteroatoms. The van der Waals surface area contributed by atoms with Gasteiger partial charge in [-0.05, 0) is 54.3 Å². The molecule has 0 heterocycles. The Kier molecular flexibility index (Phi) is 7.48. The van der Waals surface area contributed by atoms with Crippen LogP contribution in [0.1, 0.15) is 31.7 Å². The zero-order valence-electron chi connectivity index (χ0n) is 15.7. The maximum atomic E-state index is 13.8. The average molecular weight is 440 g/mol. The van der Waals surface area contributed by atoms with Gasteiger partial charge in [0.1, 0.15) is 0 Å². The van der Waals surface area contributed by atoms with Gasteiger partial charge in [-0.25, -0.2) is 0 Å². The summed E-state index contributed by atoms with van der Waals surface area (Å²) >= 11 is 3.38. The lowest BCUT2D eigenvalue weighted by Crippen LogP contribution is -2.16. The van der Waals surface area contributed by atoms with E-state index < -0.39 is 13.2 Å². The number of halogens is 1. The van der Waals surface area contributed by atoms with E-state index in [4.69, 9.17) is 4.52 Å². The zero-order valence-corrected chi connectivity index (χ0v) is 18.2. The number of benzene rings is 2. The quantitative estimate of drug-likeness (QED) is 0.576. The molecule has 0 aromatic heterocycles. The molecule has 2 rings (SSSR count). The van der Waals surface area contributed by atoms with Crippen LogP contribution in [0, 0.1) is 5.92 Å². The topological polar surface area (TPSA) is 49.8 Å². The van der Waals surface area contributed by atoms with Crippen molar-refractivity contribution in [1.29, 1.82) is 0 Å². The van der Waals surface area contributed by atoms with E-state index >= 15 is 0 Å². The van der Waals surface area contributed by atoms with Gasteiger partial charge in [0.15, 0.2) is 5.85 Å². The van der Waals surface area contributed by atoms with Crippen LogP contribution in [0.15, 0.2) is 53.0 Å². The van der Waals surface area contributed by atoms with E-state index in [1.807, 2.05) is 43.3 Å². The smallest absolute Gasteiger partial charge is 0.264 e. The van der Waals surface area contributed by atoms with Crippen LogP contribution in [0.5, 0.6) is 0 Å². The molecule has 0 aliphatic rings. The van der Waals surface area contributed by atoms with E-state index in [-0.39, 0.29) is 0 Å². The van der Waals surface area contributed by atoms with Gasteiger partial charge in [-0.2, -0.15) is 0 Å². The standard InChI is InChI=1S/C20H27BrNO3P/c1-15(2)13-14-25-26(24,19-11-9-18(10-12-19)22(3)4)20(23)16-5-7-17(21)8-6-16/h5-12,15,20,23H,13-14H2,1-4H3/t20-,26-/m0/s1. The average Bonchev–Trinajstić information content (AvgIpc) is 2.61. The maximum Gasteiger partial charge on any atom is 0.264 e. The van der Waals surface area contributed by atoms with Crippen molar-refractivity contribution in [2.45, 2.75) is 26.1 Å². The first kappa shape index (κ1) is 21.2. The molecule has 2 aromatic carbocycles. The molecular weight excluding hydrogens is 413 g/mol. The van der Waals surface area contributed by atoms with Gasteiger partial charge in [-0.1, -0.05) is 41.9 Å². The monoisotopic (exact) mass is 439 g/mol. The summed E-state index contributed by atoms with van der Waals surface area (Å²) in [6.07, 6.45) is 0.785. The molecule has 0 radical (unpaired) electrons. The van der Waals surface area contributed by atoms with Gasteiger partial charge in [0.25, 0.3) is 7.37 Å². The van der Waals surface area contributed by atoms with Crippen LogP contribution in [0.2, 0.25) is 0 Å². The van der Waals surface area contributed by atoms with Crippen LogP contribution in [0.25, 0.3) is 0 Å². The number of hydrogen-bond acceptors (Lipinski definition) is 4. The van der Waals surface area contributed by atoms with Crippen molar-refractivity contribution in [3.05, 3.63) is 58.6 Å². The molecule has 26 heavy (non-hydrogen) atoms. The van der Waals surface area contributed by atoms with Gasteiger partial charge < -0.3 is 14.5 Å². The lowest BCUT2D eigenvalue weighted by molar-refractivity contribution is 0.209. The minimum atomic E-state index is -3.48. The highest BCUT2D eigenvalue weighted by molar-refractivity contribution is 9.10. The van der Waals surface area contributed by atoms with Gasteiger partial charge >= 0.3 is 0 Å². The Hall–Kier alpha value is -1.13. The molecule has 0 spiro atoms. The molecule has 0 saturated heterocycles. The summed E-state index contributed by atoms with van der Waals surface area (Å²) in [7, 11) is 0.413. The molecule has 1 N–H and O–H groups in total. The first-order chi connectivity index (χ1) is 12.2. The fraction of sp³-hybridized carbons (Fsp3) is 0.400. The Morgan fingerprint density at radius 1 is 1.08 bits per heavy atom. The molecule has 0 saturated carbocycles. The number of hydrogen-bond donors (Lipinski definition) is 1. The van der Waals surface area contributed by atoms with E-state index in [9.17, 15) is 9.67 Å². The normalized spacial score (nSPS) is 14.9. The summed E-state index contributed by atoms with van der Waals surface area (Å²) in [5.74, 6) is -0.766. The first-order valence-corrected chi connectivity index (χ1v) is 11.2. The van der Waals surface area contributed by atoms with Crippen molar-refractivity contribution in [2.24, 2.45) is 5.92 Å². The highest BCUT2D eigenvalue weighted by atomic mass is 79.9. The van der Waals surface area contributed by atoms with E-state index in [0.29, 0.717) is 23.4 Å². The predicted octanol–water partition coefficient (Wildman–Crippen LogP) is 5.17. The third-order valence-corrected chi connectivity index (χ3v) is 7.25. The number of aliphatic hydroxyl groups is 1. The van der Waals surface area contributed by atoms with Crippen LogP contribution < -0.4 is 10.2 Å². The van der Waals surface area contributed by atoms with Crippen molar-refractivity contribution in [2.75, 3.05) is 25.6 Å². The largest absolute Gasteiger partial charge is 0.378 e. The molecule has 0 bridgehead atoms. The molecule has 0 fully saturated rings. The summed E-state index contributed by atoms with van der Waals surface area (Å²) in [6.45, 7) is 4.52. The number of nitrogens with zero attached hydrogens (tertiary/aromatic N) is 1. The van der Waals surface area contributed by atoms with Gasteiger partial charge in [0.2, 0.25) is 0 Å². The van der Waals surface area contributed by atoms with Crippen molar-refractivity contribution in [1.82, 2.24) is 0 Å². The SMILES string of the molecule is CC(C)CCO[P@@](=O)(c1ccc(N(C)C)cc1)[C@H](O)c1ccc(Br)cc1. The fourth-order valence-corrected chi connectivity index (χ4v) is 4.84. The summed E-state index contributed by atoms with van der Waals surface area (Å²) in [5, 5.41) is 11.4. The third-order valence-electron chi connectivity index (χ3n) is 4.19. The minimum absolute atomic E-state index is 0.345. The Bertz CT molecular complexity index is 745. The number of rotatable bonds is 8. The van der Waals surface area contributed by atoms with Crippen LogP contribution in [-0.2, 0) is 9.09 Å². The Morgan fingerprint density at radius 3 is 2.15 bits per heavy atom. The third kappa shape index (κ3) is 5.20. The van der Waals surface area contributed by atoms with Crippen LogP contribution in [-0.4, -0.2) is 25.8 Å². The van der Waals surface area contributed by atoms with Crippen LogP contribution in [0.3, 0.4) is 0 Å². The Labute approximate surface area is 164 Å². The molecule has 0 unspecified atom stereocenters. The molecule has 2 atom stereocenters. The summed E-state index contributed by atoms with van der Waals surface area (Å²) in [5.41, 5.74) is 1.58. The predicted molar refractivity (Wildman–Crippen MR) is 113 cm³/mol. The first-order valence-electron chi connectivity index (χ1n) is 8.70. The number of aliphatic hydroxyl groups excluding tert-OH is 1. The maximum absolute atomic E-state index is 13.8. The van der Waals surface area contributed by atoms with Gasteiger partial charge in [-0.15, -0.1) is 0 Å². The van der Waals surface area contributed by atoms with Crippen LogP contribution in [0.4, 0.5) is 5.69 Å². The van der Waals surface area contributed by atoms with E-state index in [1.54, 1.807) is 24.3 Å². The molecule has 0 aliphatic carbocycles. The molecule has 0 aliphatic heterocycles. The van der Waals surface area contributed by atoms with Gasteiger partial charge in [0, 0.05) is 29.6 Å². The number of anilines is 1. The fourth-order valence-electron chi connectivity index (χ4n) is 2.50. The minimum Gasteiger partial charge on any atom is -0.378 e. The lowest BCUT2D eigenvalue weighted by atomic mass is 10.2. The molecule has 0 amide bonds. The van der Waals surface area contributed by atoms with Crippen molar-refractivity contribution in [3.8, 4) is 0 Å². The Morgan fingerprint density at radius 2 is 1.65 bits per heavy atom. The Balaban J connectivity index is 2.37. The van der Waals surface area contributed by atoms with E-state index in [1.165, 1.54) is 0 Å². The van der Waals surface area contributed by atoms with Crippen molar-refractivity contribution in [3.63, 3.8) is 0 Å². The highest BCUT2D eigenvalue weighted by Gasteiger charge is 2.36. The highest BCUT2D eigenvalue weighted by Crippen LogP contribution is 2.57. The second kappa shape index (κ2) is 9.18. The van der Waals surface area contributed by atoms with Crippen molar-refractivity contribution >= 4 is 34.3 Å². The second-order valence-corrected chi connectivity index (χ2v) is 10.3. The van der Waals surface area contributed by atoms with Gasteiger partial charge in [-0.3, -0.25) is 4.57 Å². The van der Waals surface area contributed by atoms with E-state index in [2.05, 4.69) is 29.8 Å². The van der Waals surface area contributed by atoms with Gasteiger partial charge in [0.05, 0.1) is 6.61 Å². The van der Waals surface area contributed by atoms with E-state index in [0.717, 1.165) is 16.6 Å². The molecule has 4 nitrogen and oxygen atoms in total. The molecular formula is C20H27BrNO3P. The summed E-state index contributed by atoms with van der Waals surface area (Å²) in [4.78, 5) is 1.97. The summed E-state index contributed by atoms with van der Waals surface area (Å²) < 4.78 is 20.5. The summed E-state index contributed by atoms with van der Waals surface area (Å²) in [6, 6.07) is 14.5. The van der Waals surface area contributed by atoms with Crippen LogP contribution >= 0.6 is 23.3 Å². The lowest BCUT2D eigenvalue weighted by Gasteiger charge is -2.25. The molecule has 2 aromatic rings.